The first-order valence-electron chi connectivity index (χ1n) is 11.6. The summed E-state index contributed by atoms with van der Waals surface area (Å²) in [6, 6.07) is 9.43. The number of hydrogen-bond acceptors (Lipinski definition) is 6. The molecule has 1 N–H and O–H groups in total. The normalized spacial score (nSPS) is 20.0. The zero-order valence-electron chi connectivity index (χ0n) is 19.7. The molecule has 3 rings (SSSR count). The molecule has 1 aromatic rings. The van der Waals surface area contributed by atoms with Gasteiger partial charge in [0.05, 0.1) is 12.5 Å². The summed E-state index contributed by atoms with van der Waals surface area (Å²) < 4.78 is 11.1. The van der Waals surface area contributed by atoms with Crippen molar-refractivity contribution in [3.8, 4) is 0 Å². The van der Waals surface area contributed by atoms with Crippen LogP contribution in [0.4, 0.5) is 4.79 Å². The topological polar surface area (TPSA) is 94.2 Å². The second-order valence-corrected chi connectivity index (χ2v) is 9.50. The Morgan fingerprint density at radius 1 is 1.09 bits per heavy atom. The smallest absolute Gasteiger partial charge is 0.412 e. The number of nitrogens with zero attached hydrogens (tertiary/aromatic N) is 1. The van der Waals surface area contributed by atoms with Crippen molar-refractivity contribution in [3.63, 3.8) is 0 Å². The summed E-state index contributed by atoms with van der Waals surface area (Å²) in [5.74, 6) is -0.847. The first kappa shape index (κ1) is 24.8. The molecule has 0 spiro atoms. The monoisotopic (exact) mass is 458 g/mol. The molecule has 8 heteroatoms. The van der Waals surface area contributed by atoms with Crippen LogP contribution in [0, 0.1) is 5.92 Å². The van der Waals surface area contributed by atoms with Crippen molar-refractivity contribution in [2.45, 2.75) is 77.6 Å². The van der Waals surface area contributed by atoms with E-state index in [-0.39, 0.29) is 37.2 Å². The van der Waals surface area contributed by atoms with Gasteiger partial charge in [-0.15, -0.1) is 0 Å². The van der Waals surface area contributed by atoms with E-state index in [1.807, 2.05) is 30.3 Å². The Labute approximate surface area is 195 Å². The lowest BCUT2D eigenvalue weighted by Gasteiger charge is -2.27. The van der Waals surface area contributed by atoms with E-state index in [0.29, 0.717) is 0 Å². The predicted octanol–water partition coefficient (Wildman–Crippen LogP) is 4.25. The lowest BCUT2D eigenvalue weighted by molar-refractivity contribution is -0.198. The van der Waals surface area contributed by atoms with E-state index < -0.39 is 23.7 Å². The molecule has 0 saturated heterocycles. The van der Waals surface area contributed by atoms with Gasteiger partial charge in [0.25, 0.3) is 5.91 Å². The number of amides is 2. The van der Waals surface area contributed by atoms with Crippen LogP contribution in [0.5, 0.6) is 0 Å². The van der Waals surface area contributed by atoms with Crippen LogP contribution in [0.3, 0.4) is 0 Å². The van der Waals surface area contributed by atoms with Gasteiger partial charge in [0.2, 0.25) is 0 Å². The molecule has 1 aliphatic heterocycles. The van der Waals surface area contributed by atoms with Crippen LogP contribution in [0.2, 0.25) is 0 Å². The third kappa shape index (κ3) is 7.89. The maximum absolute atomic E-state index is 13.1. The van der Waals surface area contributed by atoms with Gasteiger partial charge < -0.3 is 9.47 Å². The Morgan fingerprint density at radius 2 is 1.79 bits per heavy atom. The highest BCUT2D eigenvalue weighted by Crippen LogP contribution is 2.26. The standard InChI is InChI=1S/C25H34N2O6/c1-25(2,3)33-24(30)26-21-15-14-20(32-23(29)19-12-8-5-9-13-19)16-27(22(21)28)31-17-18-10-6-4-7-11-18/h4,6-7,10-11,15,19-20H,5,8-9,12-14,16-17H2,1-3H3,(H,26,30). The third-order valence-electron chi connectivity index (χ3n) is 5.50. The van der Waals surface area contributed by atoms with Gasteiger partial charge in [0, 0.05) is 6.42 Å². The second-order valence-electron chi connectivity index (χ2n) is 9.50. The average Bonchev–Trinajstić information content (AvgIpc) is 2.91. The van der Waals surface area contributed by atoms with E-state index in [2.05, 4.69) is 5.32 Å². The highest BCUT2D eigenvalue weighted by Gasteiger charge is 2.32. The number of carbonyl (C=O) groups excluding carboxylic acids is 3. The molecule has 2 aliphatic rings. The Bertz CT molecular complexity index is 855. The van der Waals surface area contributed by atoms with Crippen molar-refractivity contribution in [1.29, 1.82) is 0 Å². The number of rotatable bonds is 6. The van der Waals surface area contributed by atoms with Gasteiger partial charge >= 0.3 is 12.1 Å². The predicted molar refractivity (Wildman–Crippen MR) is 121 cm³/mol. The van der Waals surface area contributed by atoms with Crippen LogP contribution in [-0.2, 0) is 30.5 Å². The fourth-order valence-electron chi connectivity index (χ4n) is 3.85. The summed E-state index contributed by atoms with van der Waals surface area (Å²) in [6.07, 6.45) is 5.40. The third-order valence-corrected chi connectivity index (χ3v) is 5.50. The Hall–Kier alpha value is -2.87. The molecular formula is C25H34N2O6. The van der Waals surface area contributed by atoms with Gasteiger partial charge in [0.1, 0.15) is 24.0 Å². The first-order chi connectivity index (χ1) is 15.7. The number of carbonyl (C=O) groups is 3. The number of benzene rings is 1. The minimum absolute atomic E-state index is 0.0357. The van der Waals surface area contributed by atoms with Crippen LogP contribution < -0.4 is 5.32 Å². The van der Waals surface area contributed by atoms with Crippen molar-refractivity contribution in [2.75, 3.05) is 6.54 Å². The average molecular weight is 459 g/mol. The summed E-state index contributed by atoms with van der Waals surface area (Å²) in [5, 5.41) is 3.67. The molecule has 0 radical (unpaired) electrons. The molecule has 1 unspecified atom stereocenters. The van der Waals surface area contributed by atoms with E-state index in [9.17, 15) is 14.4 Å². The Morgan fingerprint density at radius 3 is 2.45 bits per heavy atom. The molecule has 1 fully saturated rings. The van der Waals surface area contributed by atoms with Crippen molar-refractivity contribution in [2.24, 2.45) is 5.92 Å². The fourth-order valence-corrected chi connectivity index (χ4v) is 3.85. The second kappa shape index (κ2) is 11.3. The van der Waals surface area contributed by atoms with E-state index in [0.717, 1.165) is 42.7 Å². The van der Waals surface area contributed by atoms with E-state index in [1.165, 1.54) is 0 Å². The van der Waals surface area contributed by atoms with Gasteiger partial charge in [-0.3, -0.25) is 19.7 Å². The highest BCUT2D eigenvalue weighted by molar-refractivity contribution is 5.96. The Kier molecular flexibility index (Phi) is 8.49. The number of hydrogen-bond donors (Lipinski definition) is 1. The first-order valence-corrected chi connectivity index (χ1v) is 11.6. The molecular weight excluding hydrogens is 424 g/mol. The maximum atomic E-state index is 13.1. The number of hydroxylamine groups is 2. The number of alkyl carbamates (subject to hydrolysis) is 1. The van der Waals surface area contributed by atoms with Gasteiger partial charge in [0.15, 0.2) is 0 Å². The van der Waals surface area contributed by atoms with Crippen LogP contribution >= 0.6 is 0 Å². The van der Waals surface area contributed by atoms with Crippen LogP contribution in [0.25, 0.3) is 0 Å². The molecule has 180 valence electrons. The summed E-state index contributed by atoms with van der Waals surface area (Å²) >= 11 is 0. The van der Waals surface area contributed by atoms with E-state index >= 15 is 0 Å². The highest BCUT2D eigenvalue weighted by atomic mass is 16.7. The number of esters is 1. The minimum atomic E-state index is -0.734. The molecule has 1 heterocycles. The molecule has 8 nitrogen and oxygen atoms in total. The van der Waals surface area contributed by atoms with Gasteiger partial charge in [-0.25, -0.2) is 9.86 Å². The summed E-state index contributed by atoms with van der Waals surface area (Å²) in [4.78, 5) is 43.9. The quantitative estimate of drug-likeness (QED) is 0.641. The maximum Gasteiger partial charge on any atom is 0.412 e. The molecule has 1 aromatic carbocycles. The van der Waals surface area contributed by atoms with Crippen molar-refractivity contribution < 1.29 is 28.7 Å². The number of nitrogens with one attached hydrogen (secondary N) is 1. The summed E-state index contributed by atoms with van der Waals surface area (Å²) in [6.45, 7) is 5.46. The van der Waals surface area contributed by atoms with E-state index in [4.69, 9.17) is 14.3 Å². The minimum Gasteiger partial charge on any atom is -0.460 e. The zero-order chi connectivity index (χ0) is 23.8. The SMILES string of the molecule is CC(C)(C)OC(=O)NC1=CCC(OC(=O)C2CCCCC2)CN(OCc2ccccc2)C1=O. The van der Waals surface area contributed by atoms with Crippen molar-refractivity contribution >= 4 is 18.0 Å². The summed E-state index contributed by atoms with van der Waals surface area (Å²) in [7, 11) is 0. The lowest BCUT2D eigenvalue weighted by atomic mass is 9.89. The molecule has 1 atom stereocenters. The van der Waals surface area contributed by atoms with Gasteiger partial charge in [-0.1, -0.05) is 55.7 Å². The van der Waals surface area contributed by atoms with Crippen LogP contribution in [-0.4, -0.2) is 41.3 Å². The molecule has 33 heavy (non-hydrogen) atoms. The molecule has 2 amide bonds. The lowest BCUT2D eigenvalue weighted by Crippen LogP contribution is -2.42. The van der Waals surface area contributed by atoms with Gasteiger partial charge in [-0.05, 0) is 39.2 Å². The van der Waals surface area contributed by atoms with Crippen LogP contribution in [0.1, 0.15) is 64.9 Å². The van der Waals surface area contributed by atoms with Gasteiger partial charge in [-0.2, -0.15) is 0 Å². The molecule has 1 aliphatic carbocycles. The Balaban J connectivity index is 1.71. The molecule has 0 aromatic heterocycles. The molecule has 1 saturated carbocycles. The summed E-state index contributed by atoms with van der Waals surface area (Å²) in [5.41, 5.74) is 0.212. The zero-order valence-corrected chi connectivity index (χ0v) is 19.7. The largest absolute Gasteiger partial charge is 0.460 e. The van der Waals surface area contributed by atoms with Crippen molar-refractivity contribution in [3.05, 3.63) is 47.7 Å². The van der Waals surface area contributed by atoms with Crippen LogP contribution in [0.15, 0.2) is 42.1 Å². The van der Waals surface area contributed by atoms with Crippen molar-refractivity contribution in [1.82, 2.24) is 10.4 Å². The number of ether oxygens (including phenoxy) is 2. The van der Waals surface area contributed by atoms with E-state index in [1.54, 1.807) is 26.8 Å². The fraction of sp³-hybridized carbons (Fsp3) is 0.560. The molecule has 0 bridgehead atoms.